The van der Waals surface area contributed by atoms with E-state index in [2.05, 4.69) is 15.5 Å². The second-order valence-electron chi connectivity index (χ2n) is 4.74. The molecule has 1 amide bonds. The summed E-state index contributed by atoms with van der Waals surface area (Å²) in [7, 11) is 0. The number of nitrogens with zero attached hydrogens (tertiary/aromatic N) is 1. The summed E-state index contributed by atoms with van der Waals surface area (Å²) in [5.74, 6) is -0.0212. The molecule has 2 atom stereocenters. The SMILES string of the molecule is CC(NC(=O)[C@H](N)Cc1ccc(O)cc1)c1cn[nH]c1. The smallest absolute Gasteiger partial charge is 0.237 e. The van der Waals surface area contributed by atoms with Crippen molar-refractivity contribution in [3.8, 4) is 5.75 Å². The summed E-state index contributed by atoms with van der Waals surface area (Å²) < 4.78 is 0. The molecule has 20 heavy (non-hydrogen) atoms. The van der Waals surface area contributed by atoms with Crippen LogP contribution < -0.4 is 11.1 Å². The van der Waals surface area contributed by atoms with Gasteiger partial charge in [0.2, 0.25) is 5.91 Å². The van der Waals surface area contributed by atoms with Crippen molar-refractivity contribution in [2.75, 3.05) is 0 Å². The van der Waals surface area contributed by atoms with Crippen LogP contribution in [0.1, 0.15) is 24.1 Å². The molecule has 0 aliphatic heterocycles. The van der Waals surface area contributed by atoms with E-state index in [9.17, 15) is 9.90 Å². The van der Waals surface area contributed by atoms with Gasteiger partial charge in [-0.2, -0.15) is 5.10 Å². The number of carbonyl (C=O) groups excluding carboxylic acids is 1. The second-order valence-corrected chi connectivity index (χ2v) is 4.74. The van der Waals surface area contributed by atoms with Gasteiger partial charge in [-0.25, -0.2) is 0 Å². The minimum atomic E-state index is -0.631. The van der Waals surface area contributed by atoms with Gasteiger partial charge in [0, 0.05) is 11.8 Å². The van der Waals surface area contributed by atoms with Crippen LogP contribution >= 0.6 is 0 Å². The Morgan fingerprint density at radius 2 is 2.15 bits per heavy atom. The maximum absolute atomic E-state index is 12.0. The molecule has 2 aromatic rings. The number of phenols is 1. The average molecular weight is 274 g/mol. The van der Waals surface area contributed by atoms with Crippen molar-refractivity contribution in [3.63, 3.8) is 0 Å². The van der Waals surface area contributed by atoms with Crippen LogP contribution in [0.5, 0.6) is 5.75 Å². The second kappa shape index (κ2) is 6.21. The predicted molar refractivity (Wildman–Crippen MR) is 74.9 cm³/mol. The Morgan fingerprint density at radius 1 is 1.45 bits per heavy atom. The van der Waals surface area contributed by atoms with Crippen molar-refractivity contribution >= 4 is 5.91 Å². The lowest BCUT2D eigenvalue weighted by Gasteiger charge is -2.16. The zero-order valence-electron chi connectivity index (χ0n) is 11.2. The van der Waals surface area contributed by atoms with Crippen LogP contribution in [0, 0.1) is 0 Å². The van der Waals surface area contributed by atoms with E-state index in [4.69, 9.17) is 5.73 Å². The molecule has 0 saturated carbocycles. The fourth-order valence-electron chi connectivity index (χ4n) is 1.88. The maximum Gasteiger partial charge on any atom is 0.237 e. The summed E-state index contributed by atoms with van der Waals surface area (Å²) in [5.41, 5.74) is 7.69. The molecule has 1 aromatic heterocycles. The predicted octanol–water partition coefficient (Wildman–Crippen LogP) is 0.862. The first-order valence-electron chi connectivity index (χ1n) is 6.39. The molecule has 0 saturated heterocycles. The molecule has 6 nitrogen and oxygen atoms in total. The highest BCUT2D eigenvalue weighted by Crippen LogP contribution is 2.12. The largest absolute Gasteiger partial charge is 0.508 e. The molecule has 106 valence electrons. The molecular formula is C14H18N4O2. The zero-order chi connectivity index (χ0) is 14.5. The van der Waals surface area contributed by atoms with Crippen molar-refractivity contribution in [1.29, 1.82) is 0 Å². The van der Waals surface area contributed by atoms with E-state index in [1.165, 1.54) is 0 Å². The molecule has 6 heteroatoms. The number of H-pyrrole nitrogens is 1. The molecule has 1 unspecified atom stereocenters. The monoisotopic (exact) mass is 274 g/mol. The van der Waals surface area contributed by atoms with Gasteiger partial charge in [0.15, 0.2) is 0 Å². The minimum Gasteiger partial charge on any atom is -0.508 e. The number of hydrogen-bond acceptors (Lipinski definition) is 4. The maximum atomic E-state index is 12.0. The van der Waals surface area contributed by atoms with E-state index in [1.807, 2.05) is 6.92 Å². The van der Waals surface area contributed by atoms with Crippen LogP contribution in [-0.4, -0.2) is 27.3 Å². The molecule has 0 radical (unpaired) electrons. The van der Waals surface area contributed by atoms with Gasteiger partial charge in [-0.15, -0.1) is 0 Å². The summed E-state index contributed by atoms with van der Waals surface area (Å²) in [4.78, 5) is 12.0. The number of carbonyl (C=O) groups is 1. The Morgan fingerprint density at radius 3 is 2.75 bits per heavy atom. The first kappa shape index (κ1) is 14.1. The quantitative estimate of drug-likeness (QED) is 0.649. The topological polar surface area (TPSA) is 104 Å². The Labute approximate surface area is 117 Å². The number of aromatic hydroxyl groups is 1. The van der Waals surface area contributed by atoms with Crippen LogP contribution in [0.4, 0.5) is 0 Å². The normalized spacial score (nSPS) is 13.7. The molecule has 0 bridgehead atoms. The molecule has 0 aliphatic carbocycles. The molecule has 1 heterocycles. The first-order chi connectivity index (χ1) is 9.56. The van der Waals surface area contributed by atoms with Gasteiger partial charge in [-0.1, -0.05) is 12.1 Å². The van der Waals surface area contributed by atoms with E-state index >= 15 is 0 Å². The summed E-state index contributed by atoms with van der Waals surface area (Å²) in [5, 5.41) is 18.6. The molecule has 0 aliphatic rings. The van der Waals surface area contributed by atoms with E-state index in [-0.39, 0.29) is 17.7 Å². The number of amides is 1. The van der Waals surface area contributed by atoms with Gasteiger partial charge in [0.1, 0.15) is 5.75 Å². The van der Waals surface area contributed by atoms with Crippen LogP contribution in [-0.2, 0) is 11.2 Å². The number of rotatable bonds is 5. The number of hydrogen-bond donors (Lipinski definition) is 4. The Balaban J connectivity index is 1.90. The Hall–Kier alpha value is -2.34. The highest BCUT2D eigenvalue weighted by atomic mass is 16.3. The number of nitrogens with two attached hydrogens (primary N) is 1. The molecule has 0 fully saturated rings. The van der Waals surface area contributed by atoms with Crippen molar-refractivity contribution < 1.29 is 9.90 Å². The standard InChI is InChI=1S/C14H18N4O2/c1-9(11-7-16-17-8-11)18-14(20)13(15)6-10-2-4-12(19)5-3-10/h2-5,7-9,13,19H,6,15H2,1H3,(H,16,17)(H,18,20)/t9?,13-/m1/s1. The number of benzene rings is 1. The van der Waals surface area contributed by atoms with Crippen LogP contribution in [0.3, 0.4) is 0 Å². The Bertz CT molecular complexity index is 551. The highest BCUT2D eigenvalue weighted by Gasteiger charge is 2.17. The lowest BCUT2D eigenvalue weighted by Crippen LogP contribution is -2.42. The van der Waals surface area contributed by atoms with E-state index in [0.29, 0.717) is 6.42 Å². The van der Waals surface area contributed by atoms with Crippen LogP contribution in [0.2, 0.25) is 0 Å². The number of phenolic OH excluding ortho intramolecular Hbond substituents is 1. The zero-order valence-corrected chi connectivity index (χ0v) is 11.2. The summed E-state index contributed by atoms with van der Waals surface area (Å²) in [6.45, 7) is 1.87. The third-order valence-corrected chi connectivity index (χ3v) is 3.11. The Kier molecular flexibility index (Phi) is 4.37. The highest BCUT2D eigenvalue weighted by molar-refractivity contribution is 5.82. The summed E-state index contributed by atoms with van der Waals surface area (Å²) in [6.07, 6.45) is 3.82. The molecule has 2 rings (SSSR count). The van der Waals surface area contributed by atoms with Gasteiger partial charge >= 0.3 is 0 Å². The first-order valence-corrected chi connectivity index (χ1v) is 6.39. The van der Waals surface area contributed by atoms with E-state index in [1.54, 1.807) is 36.7 Å². The van der Waals surface area contributed by atoms with E-state index < -0.39 is 6.04 Å². The van der Waals surface area contributed by atoms with Crippen LogP contribution in [0.25, 0.3) is 0 Å². The fraction of sp³-hybridized carbons (Fsp3) is 0.286. The van der Waals surface area contributed by atoms with Crippen molar-refractivity contribution in [1.82, 2.24) is 15.5 Å². The number of aromatic amines is 1. The average Bonchev–Trinajstić information content (AvgIpc) is 2.95. The van der Waals surface area contributed by atoms with Crippen molar-refractivity contribution in [3.05, 3.63) is 47.8 Å². The number of nitrogens with one attached hydrogen (secondary N) is 2. The summed E-state index contributed by atoms with van der Waals surface area (Å²) >= 11 is 0. The molecule has 0 spiro atoms. The number of aromatic nitrogens is 2. The van der Waals surface area contributed by atoms with Gasteiger partial charge in [-0.3, -0.25) is 9.89 Å². The third-order valence-electron chi connectivity index (χ3n) is 3.11. The van der Waals surface area contributed by atoms with Crippen molar-refractivity contribution in [2.24, 2.45) is 5.73 Å². The lowest BCUT2D eigenvalue weighted by molar-refractivity contribution is -0.123. The summed E-state index contributed by atoms with van der Waals surface area (Å²) in [6, 6.07) is 5.88. The third kappa shape index (κ3) is 3.58. The fourth-order valence-corrected chi connectivity index (χ4v) is 1.88. The van der Waals surface area contributed by atoms with Gasteiger partial charge in [0.05, 0.1) is 18.3 Å². The minimum absolute atomic E-state index is 0.146. The van der Waals surface area contributed by atoms with Crippen molar-refractivity contribution in [2.45, 2.75) is 25.4 Å². The van der Waals surface area contributed by atoms with Crippen LogP contribution in [0.15, 0.2) is 36.7 Å². The molecular weight excluding hydrogens is 256 g/mol. The van der Waals surface area contributed by atoms with Gasteiger partial charge in [-0.05, 0) is 31.0 Å². The van der Waals surface area contributed by atoms with Gasteiger partial charge < -0.3 is 16.2 Å². The molecule has 1 aromatic carbocycles. The molecule has 5 N–H and O–H groups in total. The van der Waals surface area contributed by atoms with Gasteiger partial charge in [0.25, 0.3) is 0 Å². The van der Waals surface area contributed by atoms with E-state index in [0.717, 1.165) is 11.1 Å². The lowest BCUT2D eigenvalue weighted by atomic mass is 10.1.